The molecule has 9 heteroatoms. The Bertz CT molecular complexity index is 434. The van der Waals surface area contributed by atoms with Crippen molar-refractivity contribution in [3.05, 3.63) is 12.4 Å². The largest absolute Gasteiger partial charge is 0.408 e. The molecule has 0 fully saturated rings. The molecule has 0 saturated carbocycles. The maximum atomic E-state index is 12.1. The van der Waals surface area contributed by atoms with Gasteiger partial charge in [0.05, 0.1) is 17.9 Å². The van der Waals surface area contributed by atoms with E-state index >= 15 is 0 Å². The highest BCUT2D eigenvalue weighted by atomic mass is 35.5. The van der Waals surface area contributed by atoms with Crippen molar-refractivity contribution < 1.29 is 18.0 Å². The van der Waals surface area contributed by atoms with Crippen molar-refractivity contribution >= 4 is 24.0 Å². The smallest absolute Gasteiger partial charge is 0.322 e. The first-order chi connectivity index (χ1) is 8.67. The topological polar surface area (TPSA) is 72.9 Å². The third-order valence-electron chi connectivity index (χ3n) is 2.30. The fourth-order valence-corrected chi connectivity index (χ4v) is 1.55. The Kier molecular flexibility index (Phi) is 7.01. The van der Waals surface area contributed by atoms with Crippen LogP contribution in [0, 0.1) is 5.92 Å². The number of hydrogen-bond donors (Lipinski definition) is 2. The highest BCUT2D eigenvalue weighted by molar-refractivity contribution is 5.94. The van der Waals surface area contributed by atoms with Crippen molar-refractivity contribution in [3.63, 3.8) is 0 Å². The van der Waals surface area contributed by atoms with Gasteiger partial charge in [-0.05, 0) is 12.3 Å². The molecule has 0 saturated heterocycles. The Balaban J connectivity index is 0.00000361. The van der Waals surface area contributed by atoms with E-state index in [1.54, 1.807) is 0 Å². The first kappa shape index (κ1) is 18.7. The number of anilines is 1. The molecule has 0 aliphatic rings. The lowest BCUT2D eigenvalue weighted by molar-refractivity contribution is -0.142. The van der Waals surface area contributed by atoms with Gasteiger partial charge in [-0.25, -0.2) is 0 Å². The molecule has 20 heavy (non-hydrogen) atoms. The van der Waals surface area contributed by atoms with Crippen LogP contribution < -0.4 is 11.1 Å². The Labute approximate surface area is 121 Å². The number of carbonyl (C=O) groups is 1. The van der Waals surface area contributed by atoms with Crippen molar-refractivity contribution in [2.45, 2.75) is 39.0 Å². The molecule has 0 aliphatic carbocycles. The van der Waals surface area contributed by atoms with Gasteiger partial charge < -0.3 is 11.1 Å². The highest BCUT2D eigenvalue weighted by Gasteiger charge is 2.28. The van der Waals surface area contributed by atoms with Gasteiger partial charge in [-0.2, -0.15) is 18.3 Å². The van der Waals surface area contributed by atoms with Gasteiger partial charge in [-0.1, -0.05) is 13.8 Å². The van der Waals surface area contributed by atoms with Gasteiger partial charge in [-0.3, -0.25) is 9.48 Å². The molecule has 1 atom stereocenters. The fraction of sp³-hybridized carbons (Fsp3) is 0.636. The number of hydrogen-bond acceptors (Lipinski definition) is 3. The van der Waals surface area contributed by atoms with Crippen molar-refractivity contribution in [2.24, 2.45) is 11.7 Å². The molecule has 1 aromatic heterocycles. The van der Waals surface area contributed by atoms with Crippen LogP contribution in [0.1, 0.15) is 20.3 Å². The van der Waals surface area contributed by atoms with E-state index in [0.29, 0.717) is 11.1 Å². The summed E-state index contributed by atoms with van der Waals surface area (Å²) in [6.45, 7) is 2.66. The molecule has 3 N–H and O–H groups in total. The first-order valence-electron chi connectivity index (χ1n) is 5.83. The fourth-order valence-electron chi connectivity index (χ4n) is 1.55. The summed E-state index contributed by atoms with van der Waals surface area (Å²) in [7, 11) is 0. The van der Waals surface area contributed by atoms with Crippen LogP contribution in [-0.2, 0) is 11.3 Å². The van der Waals surface area contributed by atoms with E-state index in [1.165, 1.54) is 0 Å². The summed E-state index contributed by atoms with van der Waals surface area (Å²) in [5.74, 6) is -0.172. The van der Waals surface area contributed by atoms with Crippen LogP contribution in [0.5, 0.6) is 0 Å². The zero-order valence-electron chi connectivity index (χ0n) is 11.1. The quantitative estimate of drug-likeness (QED) is 0.875. The zero-order valence-corrected chi connectivity index (χ0v) is 12.0. The van der Waals surface area contributed by atoms with E-state index in [2.05, 4.69) is 10.4 Å². The minimum atomic E-state index is -4.35. The number of nitrogens with two attached hydrogens (primary N) is 1. The monoisotopic (exact) mass is 314 g/mol. The maximum absolute atomic E-state index is 12.1. The summed E-state index contributed by atoms with van der Waals surface area (Å²) in [5, 5.41) is 5.95. The molecule has 1 aromatic rings. The molecule has 0 radical (unpaired) electrons. The lowest BCUT2D eigenvalue weighted by atomic mass is 10.0. The van der Waals surface area contributed by atoms with E-state index in [0.717, 1.165) is 12.4 Å². The summed E-state index contributed by atoms with van der Waals surface area (Å²) in [6.07, 6.45) is -1.57. The van der Waals surface area contributed by atoms with Crippen molar-refractivity contribution in [2.75, 3.05) is 5.32 Å². The molecule has 1 amide bonds. The number of rotatable bonds is 5. The minimum Gasteiger partial charge on any atom is -0.322 e. The van der Waals surface area contributed by atoms with Gasteiger partial charge in [-0.15, -0.1) is 12.4 Å². The molecule has 116 valence electrons. The van der Waals surface area contributed by atoms with Crippen molar-refractivity contribution in [3.8, 4) is 0 Å². The molecular weight excluding hydrogens is 297 g/mol. The van der Waals surface area contributed by atoms with Gasteiger partial charge in [0.25, 0.3) is 0 Å². The van der Waals surface area contributed by atoms with Gasteiger partial charge in [0.2, 0.25) is 5.91 Å². The van der Waals surface area contributed by atoms with Crippen LogP contribution >= 0.6 is 12.4 Å². The third kappa shape index (κ3) is 6.76. The second-order valence-electron chi connectivity index (χ2n) is 4.77. The van der Waals surface area contributed by atoms with Crippen LogP contribution in [0.3, 0.4) is 0 Å². The maximum Gasteiger partial charge on any atom is 0.408 e. The lowest BCUT2D eigenvalue weighted by Gasteiger charge is -2.13. The third-order valence-corrected chi connectivity index (χ3v) is 2.30. The normalized spacial score (nSPS) is 12.9. The number of nitrogens with one attached hydrogen (secondary N) is 1. The predicted molar refractivity (Wildman–Crippen MR) is 71.6 cm³/mol. The Morgan fingerprint density at radius 1 is 1.50 bits per heavy atom. The summed E-state index contributed by atoms with van der Waals surface area (Å²) in [5.41, 5.74) is 5.86. The van der Waals surface area contributed by atoms with Crippen LogP contribution in [0.4, 0.5) is 18.9 Å². The Morgan fingerprint density at radius 3 is 2.60 bits per heavy atom. The molecule has 0 unspecified atom stereocenters. The number of alkyl halides is 3. The number of carbonyl (C=O) groups excluding carboxylic acids is 1. The Hall–Kier alpha value is -1.28. The summed E-state index contributed by atoms with van der Waals surface area (Å²) in [6, 6.07) is -0.689. The molecule has 5 nitrogen and oxygen atoms in total. The summed E-state index contributed by atoms with van der Waals surface area (Å²) >= 11 is 0. The van der Waals surface area contributed by atoms with Crippen LogP contribution in [0.15, 0.2) is 12.4 Å². The van der Waals surface area contributed by atoms with Gasteiger partial charge in [0.1, 0.15) is 6.54 Å². The van der Waals surface area contributed by atoms with Crippen LogP contribution in [0.2, 0.25) is 0 Å². The van der Waals surface area contributed by atoms with Crippen LogP contribution in [-0.4, -0.2) is 27.9 Å². The average molecular weight is 315 g/mol. The number of halogens is 4. The second-order valence-corrected chi connectivity index (χ2v) is 4.77. The van der Waals surface area contributed by atoms with Gasteiger partial charge in [0, 0.05) is 6.20 Å². The standard InChI is InChI=1S/C11H17F3N4O.ClH/c1-7(2)3-9(15)10(19)17-8-4-16-18(5-8)6-11(12,13)14;/h4-5,7,9H,3,6,15H2,1-2H3,(H,17,19);1H/t9-;/m0./s1. The summed E-state index contributed by atoms with van der Waals surface area (Å²) < 4.78 is 37.1. The average Bonchev–Trinajstić information content (AvgIpc) is 2.61. The number of amides is 1. The van der Waals surface area contributed by atoms with E-state index < -0.39 is 24.7 Å². The molecule has 1 rings (SSSR count). The number of aromatic nitrogens is 2. The van der Waals surface area contributed by atoms with Crippen molar-refractivity contribution in [1.82, 2.24) is 9.78 Å². The lowest BCUT2D eigenvalue weighted by Crippen LogP contribution is -2.36. The Morgan fingerprint density at radius 2 is 2.10 bits per heavy atom. The van der Waals surface area contributed by atoms with Gasteiger partial charge in [0.15, 0.2) is 0 Å². The molecule has 0 spiro atoms. The van der Waals surface area contributed by atoms with E-state index in [4.69, 9.17) is 5.73 Å². The van der Waals surface area contributed by atoms with Crippen molar-refractivity contribution in [1.29, 1.82) is 0 Å². The molecular formula is C11H18ClF3N4O. The predicted octanol–water partition coefficient (Wildman–Crippen LogP) is 2.18. The minimum absolute atomic E-state index is 0. The van der Waals surface area contributed by atoms with E-state index in [-0.39, 0.29) is 24.0 Å². The summed E-state index contributed by atoms with van der Waals surface area (Å²) in [4.78, 5) is 11.6. The van der Waals surface area contributed by atoms with Gasteiger partial charge >= 0.3 is 6.18 Å². The zero-order chi connectivity index (χ0) is 14.6. The number of nitrogens with zero attached hydrogens (tertiary/aromatic N) is 2. The molecule has 0 aliphatic heterocycles. The first-order valence-corrected chi connectivity index (χ1v) is 5.83. The molecule has 0 aromatic carbocycles. The second kappa shape index (κ2) is 7.49. The molecule has 1 heterocycles. The van der Waals surface area contributed by atoms with Crippen LogP contribution in [0.25, 0.3) is 0 Å². The molecule has 0 bridgehead atoms. The van der Waals surface area contributed by atoms with E-state index in [1.807, 2.05) is 13.8 Å². The highest BCUT2D eigenvalue weighted by Crippen LogP contribution is 2.18. The SMILES string of the molecule is CC(C)C[C@H](N)C(=O)Nc1cnn(CC(F)(F)F)c1.Cl. The van der Waals surface area contributed by atoms with E-state index in [9.17, 15) is 18.0 Å².